The number of carbonyl (C=O) groups excluding carboxylic acids is 1. The highest BCUT2D eigenvalue weighted by Gasteiger charge is 2.24. The van der Waals surface area contributed by atoms with Crippen molar-refractivity contribution in [2.24, 2.45) is 5.92 Å². The van der Waals surface area contributed by atoms with E-state index in [0.29, 0.717) is 18.1 Å². The quantitative estimate of drug-likeness (QED) is 0.525. The molecule has 2 rings (SSSR count). The molecule has 1 aliphatic rings. The van der Waals surface area contributed by atoms with Crippen LogP contribution in [0.15, 0.2) is 24.3 Å². The van der Waals surface area contributed by atoms with Crippen LogP contribution in [0.3, 0.4) is 0 Å². The van der Waals surface area contributed by atoms with Crippen molar-refractivity contribution in [2.45, 2.75) is 64.2 Å². The fraction of sp³-hybridized carbons (Fsp3) is 0.611. The Morgan fingerprint density at radius 2 is 1.86 bits per heavy atom. The van der Waals surface area contributed by atoms with Gasteiger partial charge in [-0.15, -0.1) is 0 Å². The number of benzene rings is 1. The molecule has 0 bridgehead atoms. The Labute approximate surface area is 132 Å². The summed E-state index contributed by atoms with van der Waals surface area (Å²) in [5.74, 6) is 0.744. The first-order chi connectivity index (χ1) is 10.6. The first kappa shape index (κ1) is 16.7. The summed E-state index contributed by atoms with van der Waals surface area (Å²) in [7, 11) is 0. The summed E-state index contributed by atoms with van der Waals surface area (Å²) < 4.78 is 0. The second-order valence-electron chi connectivity index (χ2n) is 6.36. The van der Waals surface area contributed by atoms with Gasteiger partial charge in [0.25, 0.3) is 5.69 Å². The molecule has 22 heavy (non-hydrogen) atoms. The van der Waals surface area contributed by atoms with Gasteiger partial charge in [-0.1, -0.05) is 57.6 Å². The molecule has 1 aromatic rings. The lowest BCUT2D eigenvalue weighted by molar-refractivity contribution is -0.384. The zero-order valence-electron chi connectivity index (χ0n) is 13.3. The third kappa shape index (κ3) is 4.39. The molecule has 0 spiro atoms. The number of nitro benzene ring substituents is 1. The molecule has 1 fully saturated rings. The Morgan fingerprint density at radius 1 is 1.23 bits per heavy atom. The van der Waals surface area contributed by atoms with Crippen LogP contribution < -0.4 is 0 Å². The molecular formula is C18H25NO3. The zero-order valence-corrected chi connectivity index (χ0v) is 13.3. The number of hydrogen-bond acceptors (Lipinski definition) is 3. The van der Waals surface area contributed by atoms with Crippen LogP contribution in [0.1, 0.15) is 69.8 Å². The number of nitrogens with zero attached hydrogens (tertiary/aromatic N) is 1. The van der Waals surface area contributed by atoms with Crippen molar-refractivity contribution in [3.63, 3.8) is 0 Å². The van der Waals surface area contributed by atoms with Crippen LogP contribution in [-0.2, 0) is 4.79 Å². The molecule has 0 radical (unpaired) electrons. The molecule has 4 heteroatoms. The highest BCUT2D eigenvalue weighted by Crippen LogP contribution is 2.31. The van der Waals surface area contributed by atoms with E-state index in [1.165, 1.54) is 44.2 Å². The summed E-state index contributed by atoms with van der Waals surface area (Å²) in [6, 6.07) is 6.51. The topological polar surface area (TPSA) is 60.2 Å². The van der Waals surface area contributed by atoms with Crippen LogP contribution in [0, 0.1) is 16.0 Å². The summed E-state index contributed by atoms with van der Waals surface area (Å²) in [5, 5.41) is 10.7. The Morgan fingerprint density at radius 3 is 2.41 bits per heavy atom. The van der Waals surface area contributed by atoms with E-state index in [-0.39, 0.29) is 11.6 Å². The minimum Gasteiger partial charge on any atom is -0.299 e. The number of ketones is 1. The monoisotopic (exact) mass is 303 g/mol. The van der Waals surface area contributed by atoms with Crippen molar-refractivity contribution >= 4 is 11.5 Å². The molecule has 0 heterocycles. The molecule has 120 valence electrons. The smallest absolute Gasteiger partial charge is 0.269 e. The van der Waals surface area contributed by atoms with Gasteiger partial charge in [-0.3, -0.25) is 14.9 Å². The Balaban J connectivity index is 2.07. The highest BCUT2D eigenvalue weighted by molar-refractivity contribution is 5.86. The maximum Gasteiger partial charge on any atom is 0.269 e. The third-order valence-electron chi connectivity index (χ3n) is 4.69. The first-order valence-corrected chi connectivity index (χ1v) is 8.39. The van der Waals surface area contributed by atoms with E-state index in [9.17, 15) is 14.9 Å². The van der Waals surface area contributed by atoms with Crippen LogP contribution >= 0.6 is 0 Å². The van der Waals surface area contributed by atoms with Crippen molar-refractivity contribution in [3.8, 4) is 0 Å². The summed E-state index contributed by atoms with van der Waals surface area (Å²) in [6.07, 6.45) is 8.56. The van der Waals surface area contributed by atoms with E-state index in [1.807, 2.05) is 0 Å². The molecule has 0 aliphatic heterocycles. The number of Topliss-reactive ketones (excluding diaryl/α,β-unsaturated/α-hetero) is 1. The van der Waals surface area contributed by atoms with Gasteiger partial charge >= 0.3 is 0 Å². The van der Waals surface area contributed by atoms with E-state index in [2.05, 4.69) is 6.92 Å². The van der Waals surface area contributed by atoms with Gasteiger partial charge in [-0.2, -0.15) is 0 Å². The lowest BCUT2D eigenvalue weighted by Crippen LogP contribution is -2.18. The van der Waals surface area contributed by atoms with Crippen LogP contribution in [-0.4, -0.2) is 10.7 Å². The van der Waals surface area contributed by atoms with Crippen molar-refractivity contribution in [1.29, 1.82) is 0 Å². The van der Waals surface area contributed by atoms with Crippen molar-refractivity contribution < 1.29 is 9.72 Å². The van der Waals surface area contributed by atoms with Gasteiger partial charge in [0.05, 0.1) is 4.92 Å². The number of carbonyl (C=O) groups is 1. The highest BCUT2D eigenvalue weighted by atomic mass is 16.6. The molecular weight excluding hydrogens is 278 g/mol. The van der Waals surface area contributed by atoms with Gasteiger partial charge in [0, 0.05) is 24.5 Å². The van der Waals surface area contributed by atoms with Crippen LogP contribution in [0.2, 0.25) is 0 Å². The Kier molecular flexibility index (Phi) is 6.10. The van der Waals surface area contributed by atoms with Crippen molar-refractivity contribution in [3.05, 3.63) is 39.9 Å². The van der Waals surface area contributed by atoms with Gasteiger partial charge in [-0.25, -0.2) is 0 Å². The lowest BCUT2D eigenvalue weighted by atomic mass is 9.81. The van der Waals surface area contributed by atoms with Crippen LogP contribution in [0.4, 0.5) is 5.69 Å². The molecule has 1 unspecified atom stereocenters. The first-order valence-electron chi connectivity index (χ1n) is 8.39. The Hall–Kier alpha value is -1.71. The van der Waals surface area contributed by atoms with E-state index in [0.717, 1.165) is 18.4 Å². The molecule has 1 aromatic carbocycles. The standard InChI is InChI=1S/C18H25NO3/c1-2-6-17(15-9-11-16(12-10-15)19(21)22)18(20)13-14-7-4-3-5-8-14/h9-12,14,17H,2-8,13H2,1H3. The summed E-state index contributed by atoms with van der Waals surface area (Å²) in [6.45, 7) is 2.08. The van der Waals surface area contributed by atoms with Gasteiger partial charge in [0.1, 0.15) is 5.78 Å². The zero-order chi connectivity index (χ0) is 15.9. The maximum absolute atomic E-state index is 12.7. The number of rotatable bonds is 7. The normalized spacial score (nSPS) is 17.1. The molecule has 1 aliphatic carbocycles. The maximum atomic E-state index is 12.7. The number of hydrogen-bond donors (Lipinski definition) is 0. The SMILES string of the molecule is CCCC(C(=O)CC1CCCCC1)c1ccc([N+](=O)[O-])cc1. The predicted octanol–water partition coefficient (Wildman–Crippen LogP) is 5.02. The molecule has 0 saturated heterocycles. The third-order valence-corrected chi connectivity index (χ3v) is 4.69. The average molecular weight is 303 g/mol. The molecule has 4 nitrogen and oxygen atoms in total. The molecule has 0 aromatic heterocycles. The number of nitro groups is 1. The van der Waals surface area contributed by atoms with Gasteiger partial charge in [-0.05, 0) is 17.9 Å². The van der Waals surface area contributed by atoms with Crippen LogP contribution in [0.5, 0.6) is 0 Å². The van der Waals surface area contributed by atoms with Crippen molar-refractivity contribution in [2.75, 3.05) is 0 Å². The summed E-state index contributed by atoms with van der Waals surface area (Å²) in [4.78, 5) is 23.0. The minimum atomic E-state index is -0.400. The second-order valence-corrected chi connectivity index (χ2v) is 6.36. The van der Waals surface area contributed by atoms with Crippen LogP contribution in [0.25, 0.3) is 0 Å². The second kappa shape index (κ2) is 8.06. The van der Waals surface area contributed by atoms with Gasteiger partial charge in [0.15, 0.2) is 0 Å². The summed E-state index contributed by atoms with van der Waals surface area (Å²) >= 11 is 0. The molecule has 1 atom stereocenters. The van der Waals surface area contributed by atoms with Gasteiger partial charge < -0.3 is 0 Å². The van der Waals surface area contributed by atoms with E-state index in [4.69, 9.17) is 0 Å². The number of non-ortho nitro benzene ring substituents is 1. The van der Waals surface area contributed by atoms with Gasteiger partial charge in [0.2, 0.25) is 0 Å². The largest absolute Gasteiger partial charge is 0.299 e. The van der Waals surface area contributed by atoms with E-state index < -0.39 is 4.92 Å². The fourth-order valence-corrected chi connectivity index (χ4v) is 3.45. The Bertz CT molecular complexity index is 504. The predicted molar refractivity (Wildman–Crippen MR) is 86.9 cm³/mol. The minimum absolute atomic E-state index is 0.0822. The fourth-order valence-electron chi connectivity index (χ4n) is 3.45. The molecule has 0 N–H and O–H groups in total. The summed E-state index contributed by atoms with van der Waals surface area (Å²) in [5.41, 5.74) is 1.01. The molecule has 0 amide bonds. The van der Waals surface area contributed by atoms with E-state index in [1.54, 1.807) is 12.1 Å². The van der Waals surface area contributed by atoms with Crippen molar-refractivity contribution in [1.82, 2.24) is 0 Å². The van der Waals surface area contributed by atoms with E-state index >= 15 is 0 Å². The average Bonchev–Trinajstić information content (AvgIpc) is 2.53. The molecule has 1 saturated carbocycles. The lowest BCUT2D eigenvalue weighted by Gasteiger charge is -2.23.